The van der Waals surface area contributed by atoms with Crippen LogP contribution in [0, 0.1) is 0 Å². The van der Waals surface area contributed by atoms with E-state index in [1.165, 1.54) is 37.8 Å². The molecule has 0 spiro atoms. The molecule has 0 unspecified atom stereocenters. The minimum atomic E-state index is 0.773. The molecule has 0 bridgehead atoms. The highest BCUT2D eigenvalue weighted by atomic mass is 16.5. The van der Waals surface area contributed by atoms with E-state index in [-0.39, 0.29) is 0 Å². The molecule has 1 aliphatic rings. The second-order valence-corrected chi connectivity index (χ2v) is 5.52. The van der Waals surface area contributed by atoms with Gasteiger partial charge in [0, 0.05) is 13.2 Å². The Labute approximate surface area is 122 Å². The largest absolute Gasteiger partial charge is 0.494 e. The Bertz CT molecular complexity index is 360. The fraction of sp³-hybridized carbons (Fsp3) is 0.647. The summed E-state index contributed by atoms with van der Waals surface area (Å²) in [6.07, 6.45) is 7.36. The van der Waals surface area contributed by atoms with Gasteiger partial charge in [-0.2, -0.15) is 0 Å². The fourth-order valence-electron chi connectivity index (χ4n) is 2.16. The number of hydrogen-bond donors (Lipinski definition) is 1. The van der Waals surface area contributed by atoms with Gasteiger partial charge >= 0.3 is 0 Å². The van der Waals surface area contributed by atoms with Crippen molar-refractivity contribution in [1.82, 2.24) is 5.32 Å². The third kappa shape index (κ3) is 6.40. The predicted molar refractivity (Wildman–Crippen MR) is 82.4 cm³/mol. The van der Waals surface area contributed by atoms with Crippen molar-refractivity contribution < 1.29 is 9.47 Å². The minimum absolute atomic E-state index is 0.773. The molecule has 1 aliphatic carbocycles. The monoisotopic (exact) mass is 277 g/mol. The maximum Gasteiger partial charge on any atom is 0.119 e. The number of nitrogens with one attached hydrogen (secondary N) is 1. The van der Waals surface area contributed by atoms with Crippen molar-refractivity contribution >= 4 is 0 Å². The molecule has 2 rings (SSSR count). The summed E-state index contributed by atoms with van der Waals surface area (Å²) in [5.41, 5.74) is 1.30. The van der Waals surface area contributed by atoms with Gasteiger partial charge in [0.15, 0.2) is 0 Å². The average Bonchev–Trinajstić information content (AvgIpc) is 3.29. The van der Waals surface area contributed by atoms with E-state index >= 15 is 0 Å². The maximum atomic E-state index is 5.75. The number of hydrogen-bond acceptors (Lipinski definition) is 3. The molecule has 0 aliphatic heterocycles. The predicted octanol–water partition coefficient (Wildman–Crippen LogP) is 3.18. The molecule has 1 aromatic carbocycles. The Morgan fingerprint density at radius 1 is 1.05 bits per heavy atom. The third-order valence-electron chi connectivity index (χ3n) is 3.62. The van der Waals surface area contributed by atoms with Gasteiger partial charge in [-0.25, -0.2) is 0 Å². The molecular formula is C17H27NO2. The van der Waals surface area contributed by atoms with Crippen LogP contribution >= 0.6 is 0 Å². The zero-order chi connectivity index (χ0) is 14.0. The summed E-state index contributed by atoms with van der Waals surface area (Å²) >= 11 is 0. The van der Waals surface area contributed by atoms with E-state index in [2.05, 4.69) is 29.6 Å². The molecular weight excluding hydrogens is 250 g/mol. The van der Waals surface area contributed by atoms with Crippen LogP contribution in [0.5, 0.6) is 5.75 Å². The van der Waals surface area contributed by atoms with E-state index in [0.29, 0.717) is 0 Å². The molecule has 0 atom stereocenters. The van der Waals surface area contributed by atoms with Gasteiger partial charge in [0.1, 0.15) is 5.75 Å². The summed E-state index contributed by atoms with van der Waals surface area (Å²) in [5, 5.41) is 3.54. The van der Waals surface area contributed by atoms with Gasteiger partial charge in [-0.05, 0) is 62.8 Å². The van der Waals surface area contributed by atoms with E-state index in [0.717, 1.165) is 37.8 Å². The minimum Gasteiger partial charge on any atom is -0.494 e. The van der Waals surface area contributed by atoms with E-state index in [9.17, 15) is 0 Å². The van der Waals surface area contributed by atoms with Gasteiger partial charge in [-0.3, -0.25) is 0 Å². The van der Waals surface area contributed by atoms with Crippen molar-refractivity contribution in [2.75, 3.05) is 26.9 Å². The lowest BCUT2D eigenvalue weighted by Gasteiger charge is -2.07. The van der Waals surface area contributed by atoms with E-state index in [4.69, 9.17) is 9.47 Å². The van der Waals surface area contributed by atoms with Crippen LogP contribution in [0.3, 0.4) is 0 Å². The lowest BCUT2D eigenvalue weighted by molar-refractivity contribution is 0.202. The number of methoxy groups -OCH3 is 1. The third-order valence-corrected chi connectivity index (χ3v) is 3.62. The molecule has 0 radical (unpaired) electrons. The zero-order valence-corrected chi connectivity index (χ0v) is 12.6. The van der Waals surface area contributed by atoms with Crippen LogP contribution in [0.2, 0.25) is 0 Å². The van der Waals surface area contributed by atoms with Gasteiger partial charge in [-0.15, -0.1) is 0 Å². The van der Waals surface area contributed by atoms with Crippen molar-refractivity contribution in [2.45, 2.75) is 44.6 Å². The van der Waals surface area contributed by atoms with Gasteiger partial charge in [0.2, 0.25) is 0 Å². The number of benzene rings is 1. The molecule has 0 aromatic heterocycles. The molecule has 1 fully saturated rings. The first kappa shape index (κ1) is 15.3. The summed E-state index contributed by atoms with van der Waals surface area (Å²) in [6.45, 7) is 2.76. The Hall–Kier alpha value is -1.06. The topological polar surface area (TPSA) is 30.5 Å². The summed E-state index contributed by atoms with van der Waals surface area (Å²) in [6, 6.07) is 9.18. The Morgan fingerprint density at radius 2 is 1.85 bits per heavy atom. The Kier molecular flexibility index (Phi) is 6.89. The molecule has 0 saturated heterocycles. The number of rotatable bonds is 11. The van der Waals surface area contributed by atoms with Crippen molar-refractivity contribution in [3.8, 4) is 5.75 Å². The van der Waals surface area contributed by atoms with Crippen LogP contribution < -0.4 is 10.1 Å². The van der Waals surface area contributed by atoms with Gasteiger partial charge < -0.3 is 14.8 Å². The SMILES string of the molecule is COCCc1ccc(OCCCCCNC2CC2)cc1. The molecule has 3 heteroatoms. The highest BCUT2D eigenvalue weighted by molar-refractivity contribution is 5.27. The standard InChI is InChI=1S/C17H27NO2/c1-19-14-11-15-5-9-17(10-6-15)20-13-4-2-3-12-18-16-7-8-16/h5-6,9-10,16,18H,2-4,7-8,11-14H2,1H3. The molecule has 20 heavy (non-hydrogen) atoms. The quantitative estimate of drug-likeness (QED) is 0.630. The molecule has 3 nitrogen and oxygen atoms in total. The van der Waals surface area contributed by atoms with E-state index < -0.39 is 0 Å². The first-order valence-corrected chi connectivity index (χ1v) is 7.82. The molecule has 112 valence electrons. The summed E-state index contributed by atoms with van der Waals surface area (Å²) < 4.78 is 10.8. The average molecular weight is 277 g/mol. The fourth-order valence-corrected chi connectivity index (χ4v) is 2.16. The second kappa shape index (κ2) is 8.98. The smallest absolute Gasteiger partial charge is 0.119 e. The summed E-state index contributed by atoms with van der Waals surface area (Å²) in [7, 11) is 1.73. The molecule has 1 saturated carbocycles. The Morgan fingerprint density at radius 3 is 2.55 bits per heavy atom. The first-order valence-electron chi connectivity index (χ1n) is 7.82. The summed E-state index contributed by atoms with van der Waals surface area (Å²) in [4.78, 5) is 0. The van der Waals surface area contributed by atoms with E-state index in [1.807, 2.05) is 0 Å². The lowest BCUT2D eigenvalue weighted by Crippen LogP contribution is -2.17. The van der Waals surface area contributed by atoms with Crippen LogP contribution in [-0.4, -0.2) is 32.9 Å². The van der Waals surface area contributed by atoms with Crippen molar-refractivity contribution in [1.29, 1.82) is 0 Å². The molecule has 1 N–H and O–H groups in total. The molecule has 0 heterocycles. The first-order chi connectivity index (χ1) is 9.88. The summed E-state index contributed by atoms with van der Waals surface area (Å²) in [5.74, 6) is 0.974. The lowest BCUT2D eigenvalue weighted by atomic mass is 10.1. The number of ether oxygens (including phenoxy) is 2. The van der Waals surface area contributed by atoms with Gasteiger partial charge in [-0.1, -0.05) is 12.1 Å². The number of unbranched alkanes of at least 4 members (excludes halogenated alkanes) is 2. The van der Waals surface area contributed by atoms with Crippen LogP contribution in [0.15, 0.2) is 24.3 Å². The van der Waals surface area contributed by atoms with Gasteiger partial charge in [0.05, 0.1) is 13.2 Å². The Balaban J connectivity index is 1.49. The van der Waals surface area contributed by atoms with Gasteiger partial charge in [0.25, 0.3) is 0 Å². The van der Waals surface area contributed by atoms with Crippen LogP contribution in [0.4, 0.5) is 0 Å². The van der Waals surface area contributed by atoms with Crippen molar-refractivity contribution in [3.05, 3.63) is 29.8 Å². The second-order valence-electron chi connectivity index (χ2n) is 5.52. The van der Waals surface area contributed by atoms with Crippen LogP contribution in [-0.2, 0) is 11.2 Å². The molecule has 0 amide bonds. The van der Waals surface area contributed by atoms with E-state index in [1.54, 1.807) is 7.11 Å². The zero-order valence-electron chi connectivity index (χ0n) is 12.6. The normalized spacial score (nSPS) is 14.4. The highest BCUT2D eigenvalue weighted by Crippen LogP contribution is 2.18. The van der Waals surface area contributed by atoms with Crippen molar-refractivity contribution in [2.24, 2.45) is 0 Å². The van der Waals surface area contributed by atoms with Crippen molar-refractivity contribution in [3.63, 3.8) is 0 Å². The van der Waals surface area contributed by atoms with Crippen LogP contribution in [0.1, 0.15) is 37.7 Å². The maximum absolute atomic E-state index is 5.75. The highest BCUT2D eigenvalue weighted by Gasteiger charge is 2.19. The molecule has 1 aromatic rings. The van der Waals surface area contributed by atoms with Crippen LogP contribution in [0.25, 0.3) is 0 Å².